The summed E-state index contributed by atoms with van der Waals surface area (Å²) < 4.78 is 196. The Morgan fingerprint density at radius 3 is 1.84 bits per heavy atom. The van der Waals surface area contributed by atoms with Crippen LogP contribution in [0.1, 0.15) is 91.3 Å². The van der Waals surface area contributed by atoms with Gasteiger partial charge < -0.3 is 4.42 Å². The normalized spacial score (nSPS) is 18.1. The zero-order chi connectivity index (χ0) is 59.4. The van der Waals surface area contributed by atoms with Gasteiger partial charge in [-0.1, -0.05) is 118 Å². The lowest BCUT2D eigenvalue weighted by atomic mass is 9.85. The lowest BCUT2D eigenvalue weighted by Crippen LogP contribution is -2.12. The summed E-state index contributed by atoms with van der Waals surface area (Å²) in [4.78, 5) is 13.2. The van der Waals surface area contributed by atoms with Crippen molar-refractivity contribution in [3.8, 4) is 33.8 Å². The van der Waals surface area contributed by atoms with Gasteiger partial charge in [-0.3, -0.25) is 15.0 Å². The number of hydrogen-bond acceptors (Lipinski definition) is 4. The summed E-state index contributed by atoms with van der Waals surface area (Å²) in [5.74, 6) is -1.08. The summed E-state index contributed by atoms with van der Waals surface area (Å²) in [6.07, 6.45) is -19.7. The van der Waals surface area contributed by atoms with E-state index >= 15 is 0 Å². The van der Waals surface area contributed by atoms with Crippen molar-refractivity contribution in [2.24, 2.45) is 5.41 Å². The lowest BCUT2D eigenvalue weighted by molar-refractivity contribution is 0.409. The molecule has 4 heterocycles. The van der Waals surface area contributed by atoms with Crippen molar-refractivity contribution in [2.75, 3.05) is 0 Å². The van der Waals surface area contributed by atoms with Gasteiger partial charge in [0.2, 0.25) is 0 Å². The van der Waals surface area contributed by atoms with Gasteiger partial charge in [-0.25, -0.2) is 4.39 Å². The molecule has 0 N–H and O–H groups in total. The molecule has 0 amide bonds. The molecular formula is C57H52FN3O. The molecule has 0 aliphatic heterocycles. The maximum atomic E-state index is 14.6. The molecule has 4 nitrogen and oxygen atoms in total. The van der Waals surface area contributed by atoms with E-state index < -0.39 is 114 Å². The molecular weight excluding hydrogens is 762 g/mol. The highest BCUT2D eigenvalue weighted by atomic mass is 19.1. The first-order valence-corrected chi connectivity index (χ1v) is 19.8. The molecule has 0 saturated heterocycles. The molecule has 4 aromatic heterocycles. The van der Waals surface area contributed by atoms with Crippen molar-refractivity contribution in [3.63, 3.8) is 0 Å². The van der Waals surface area contributed by atoms with Crippen LogP contribution >= 0.6 is 0 Å². The minimum absolute atomic E-state index is 0.121. The molecule has 9 aromatic rings. The van der Waals surface area contributed by atoms with Crippen LogP contribution in [0.3, 0.4) is 0 Å². The Labute approximate surface area is 391 Å². The van der Waals surface area contributed by atoms with Gasteiger partial charge in [0, 0.05) is 75.4 Å². The summed E-state index contributed by atoms with van der Waals surface area (Å²) in [5.41, 5.74) is -4.51. The van der Waals surface area contributed by atoms with Gasteiger partial charge in [0.25, 0.3) is 0 Å². The first-order valence-electron chi connectivity index (χ1n) is 29.3. The monoisotopic (exact) mass is 833 g/mol. The number of nitrogens with zero attached hydrogens (tertiary/aromatic N) is 3. The Hall–Kier alpha value is -6.72. The number of benzene rings is 5. The van der Waals surface area contributed by atoms with Crippen LogP contribution in [0.25, 0.3) is 55.7 Å². The van der Waals surface area contributed by atoms with Crippen molar-refractivity contribution in [2.45, 2.75) is 72.2 Å². The van der Waals surface area contributed by atoms with Crippen LogP contribution in [0.2, 0.25) is 0 Å². The average Bonchev–Trinajstić information content (AvgIpc) is 3.98. The minimum Gasteiger partial charge on any atom is -0.455 e. The molecule has 9 rings (SSSR count). The number of aryl methyl sites for hydroxylation is 7. The second kappa shape index (κ2) is 17.7. The van der Waals surface area contributed by atoms with Crippen molar-refractivity contribution >= 4 is 21.9 Å². The van der Waals surface area contributed by atoms with Crippen LogP contribution in [-0.4, -0.2) is 15.0 Å². The van der Waals surface area contributed by atoms with Crippen molar-refractivity contribution < 1.29 is 34.9 Å². The van der Waals surface area contributed by atoms with E-state index in [1.54, 1.807) is 99.6 Å². The van der Waals surface area contributed by atoms with Gasteiger partial charge in [-0.05, 0) is 138 Å². The number of hydrogen-bond donors (Lipinski definition) is 0. The van der Waals surface area contributed by atoms with Gasteiger partial charge in [0.05, 0.1) is 19.8 Å². The Morgan fingerprint density at radius 1 is 0.581 bits per heavy atom. The van der Waals surface area contributed by atoms with Crippen LogP contribution in [0.4, 0.5) is 4.39 Å². The maximum absolute atomic E-state index is 14.6. The van der Waals surface area contributed by atoms with E-state index in [0.29, 0.717) is 27.5 Å². The Morgan fingerprint density at radius 2 is 1.19 bits per heavy atom. The number of aromatic nitrogens is 3. The predicted octanol–water partition coefficient (Wildman–Crippen LogP) is 14.2. The quantitative estimate of drug-likeness (QED) is 0.116. The molecule has 0 bridgehead atoms. The zero-order valence-corrected chi connectivity index (χ0v) is 34.0. The topological polar surface area (TPSA) is 51.8 Å². The first-order chi connectivity index (χ1) is 37.5. The number of para-hydroxylation sites is 1. The summed E-state index contributed by atoms with van der Waals surface area (Å²) >= 11 is 0. The van der Waals surface area contributed by atoms with Crippen LogP contribution in [-0.2, 0) is 44.6 Å². The molecule has 0 fully saturated rings. The molecule has 5 heteroatoms. The van der Waals surface area contributed by atoms with Gasteiger partial charge in [-0.2, -0.15) is 0 Å². The van der Waals surface area contributed by atoms with E-state index in [2.05, 4.69) is 15.0 Å². The number of pyridine rings is 3. The largest absolute Gasteiger partial charge is 0.455 e. The van der Waals surface area contributed by atoms with Crippen LogP contribution in [0.5, 0.6) is 0 Å². The number of rotatable bonds is 13. The third-order valence-electron chi connectivity index (χ3n) is 9.78. The van der Waals surface area contributed by atoms with E-state index in [0.717, 1.165) is 42.9 Å². The van der Waals surface area contributed by atoms with Gasteiger partial charge in [-0.15, -0.1) is 0 Å². The van der Waals surface area contributed by atoms with Gasteiger partial charge in [0.1, 0.15) is 17.0 Å². The van der Waals surface area contributed by atoms with E-state index in [1.807, 2.05) is 0 Å². The Kier molecular flexibility index (Phi) is 6.87. The number of fused-ring (bicyclic) bond motifs is 3. The molecule has 0 unspecified atom stereocenters. The van der Waals surface area contributed by atoms with E-state index in [4.69, 9.17) is 11.3 Å². The van der Waals surface area contributed by atoms with Crippen LogP contribution in [0, 0.1) is 18.1 Å². The summed E-state index contributed by atoms with van der Waals surface area (Å²) in [5, 5.41) is 0.714. The van der Waals surface area contributed by atoms with Gasteiger partial charge >= 0.3 is 0 Å². The molecule has 0 saturated carbocycles. The van der Waals surface area contributed by atoms with Crippen molar-refractivity contribution in [3.05, 3.63) is 208 Å². The molecule has 0 aliphatic carbocycles. The zero-order valence-electron chi connectivity index (χ0n) is 53.0. The van der Waals surface area contributed by atoms with E-state index in [-0.39, 0.29) is 33.8 Å². The molecule has 0 spiro atoms. The molecule has 62 heavy (non-hydrogen) atoms. The van der Waals surface area contributed by atoms with Crippen molar-refractivity contribution in [1.29, 1.82) is 0 Å². The fraction of sp³-hybridized carbons (Fsp3) is 0.211. The highest BCUT2D eigenvalue weighted by Crippen LogP contribution is 2.36. The molecule has 5 aromatic carbocycles. The third kappa shape index (κ3) is 9.43. The molecule has 0 aliphatic rings. The lowest BCUT2D eigenvalue weighted by Gasteiger charge is -2.21. The highest BCUT2D eigenvalue weighted by molar-refractivity contribution is 6.09. The average molecular weight is 833 g/mol. The molecule has 0 atom stereocenters. The third-order valence-corrected chi connectivity index (χ3v) is 9.78. The minimum atomic E-state index is -3.48. The SMILES string of the molecule is [2H]c1cc2c(oc3c(-c4ccc(C([2H])([2H])C([2H])([2H])c5cc(C([2H])([2H])C([2H])([2H])c6cnc(-c7ccccc7)cc6C([2H])([2H])[2H])cc(C([2H])([2H])C([2H])([2H])c6cnc(-c7ccccc7)cc6C([2H])([2H])C(C)(C)C)c5)cn4)cccc32)c([2H])c1F. The smallest absolute Gasteiger partial charge is 0.144 e. The predicted molar refractivity (Wildman–Crippen MR) is 253 cm³/mol. The Bertz CT molecular complexity index is 3880. The van der Waals surface area contributed by atoms with Crippen molar-refractivity contribution in [1.82, 2.24) is 15.0 Å². The standard InChI is InChI=1S/C57H52FN3O/c1-38-28-53(43-12-7-5-8-13-43)60-36-45(38)23-20-41-29-40(30-42(31-41)21-24-46-37-61-54(44-14-9-6-10-15-44)32-47(46)34-57(2,3)4)19-18-39-22-27-52(59-35-39)51-17-11-16-50-49-26-25-48(58)33-55(49)62-56(50)51/h5-17,22,25-33,35-37H,18-21,23-24,34H2,1-4H3/i1D3,18D2,19D2,20D2,21D2,23D2,24D2,25D,33D,34D2. The summed E-state index contributed by atoms with van der Waals surface area (Å²) in [7, 11) is 0. The van der Waals surface area contributed by atoms with Crippen LogP contribution in [0.15, 0.2) is 162 Å². The fourth-order valence-electron chi connectivity index (χ4n) is 6.89. The summed E-state index contributed by atoms with van der Waals surface area (Å²) in [6.45, 7) is 1.65. The number of halogens is 1. The Balaban J connectivity index is 1.22. The van der Waals surface area contributed by atoms with Gasteiger partial charge in [0.15, 0.2) is 0 Å². The van der Waals surface area contributed by atoms with E-state index in [1.165, 1.54) is 24.3 Å². The second-order valence-corrected chi connectivity index (χ2v) is 15.6. The molecule has 0 radical (unpaired) electrons. The fourth-order valence-corrected chi connectivity index (χ4v) is 6.89. The maximum Gasteiger partial charge on any atom is 0.144 e. The molecule has 308 valence electrons. The van der Waals surface area contributed by atoms with Crippen LogP contribution < -0.4 is 0 Å². The van der Waals surface area contributed by atoms with E-state index in [9.17, 15) is 23.6 Å². The number of furan rings is 1. The first kappa shape index (κ1) is 24.1. The second-order valence-electron chi connectivity index (χ2n) is 15.6. The highest BCUT2D eigenvalue weighted by Gasteiger charge is 2.17. The summed E-state index contributed by atoms with van der Waals surface area (Å²) in [6, 6.07) is 29.2.